The fraction of sp³-hybridized carbons (Fsp3) is 0.587. The zero-order valence-electron chi connectivity index (χ0n) is 54.5. The number of amides is 13. The van der Waals surface area contributed by atoms with E-state index in [1.54, 1.807) is 60.7 Å². The predicted octanol–water partition coefficient (Wildman–Crippen LogP) is -3.71. The molecule has 524 valence electrons. The molecule has 10 atom stereocenters. The first-order valence-corrected chi connectivity index (χ1v) is 33.6. The monoisotopic (exact) mass is 1350 g/mol. The topological polar surface area (TPSA) is 519 Å². The van der Waals surface area contributed by atoms with E-state index >= 15 is 0 Å². The second kappa shape index (κ2) is 41.0. The van der Waals surface area contributed by atoms with Crippen LogP contribution < -0.4 is 82.7 Å². The normalized spacial score (nSPS) is 16.8. The number of likely N-dealkylation sites (tertiary alicyclic amines) is 2. The van der Waals surface area contributed by atoms with Crippen molar-refractivity contribution in [2.75, 3.05) is 44.7 Å². The first kappa shape index (κ1) is 78.5. The largest absolute Gasteiger partial charge is 0.370 e. The molecule has 2 aromatic carbocycles. The van der Waals surface area contributed by atoms with Crippen LogP contribution in [0.25, 0.3) is 0 Å². The van der Waals surface area contributed by atoms with Gasteiger partial charge in [-0.3, -0.25) is 67.3 Å². The third-order valence-corrected chi connectivity index (χ3v) is 16.7. The Hall–Kier alpha value is -8.91. The second-order valence-corrected chi connectivity index (χ2v) is 25.1. The van der Waals surface area contributed by atoms with Gasteiger partial charge in [0.05, 0.1) is 12.6 Å². The summed E-state index contributed by atoms with van der Waals surface area (Å²) in [6, 6.07) is 4.51. The molecule has 22 N–H and O–H groups in total. The molecule has 2 heterocycles. The van der Waals surface area contributed by atoms with Gasteiger partial charge in [0, 0.05) is 45.3 Å². The number of primary amides is 3. The highest BCUT2D eigenvalue weighted by atomic mass is 32.2. The fourth-order valence-corrected chi connectivity index (χ4v) is 11.5. The van der Waals surface area contributed by atoms with Gasteiger partial charge in [0.15, 0.2) is 5.96 Å². The van der Waals surface area contributed by atoms with Crippen molar-refractivity contribution in [2.24, 2.45) is 51.0 Å². The van der Waals surface area contributed by atoms with Gasteiger partial charge >= 0.3 is 0 Å². The minimum Gasteiger partial charge on any atom is -0.370 e. The van der Waals surface area contributed by atoms with Crippen LogP contribution in [0.1, 0.15) is 121 Å². The number of nitrogens with one attached hydrogen (secondary N) is 8. The summed E-state index contributed by atoms with van der Waals surface area (Å²) < 4.78 is 0. The van der Waals surface area contributed by atoms with Crippen LogP contribution in [0.2, 0.25) is 0 Å². The molecular formula is C63H98N18O13S. The number of carbonyl (C=O) groups is 13. The van der Waals surface area contributed by atoms with Crippen LogP contribution in [0.3, 0.4) is 0 Å². The lowest BCUT2D eigenvalue weighted by atomic mass is 10.0. The van der Waals surface area contributed by atoms with Crippen LogP contribution >= 0.6 is 11.8 Å². The Morgan fingerprint density at radius 2 is 1.01 bits per heavy atom. The zero-order valence-corrected chi connectivity index (χ0v) is 55.3. The number of unbranched alkanes of at least 4 members (excludes halogenated alkanes) is 1. The molecule has 2 aliphatic rings. The molecule has 0 unspecified atom stereocenters. The Kier molecular flexibility index (Phi) is 33.9. The van der Waals surface area contributed by atoms with Crippen LogP contribution in [-0.4, -0.2) is 198 Å². The Bertz CT molecular complexity index is 2960. The van der Waals surface area contributed by atoms with Crippen molar-refractivity contribution in [3.63, 3.8) is 0 Å². The average Bonchev–Trinajstić information content (AvgIpc) is 1.74. The number of thioether (sulfide) groups is 1. The van der Waals surface area contributed by atoms with Gasteiger partial charge in [0.2, 0.25) is 76.8 Å². The molecule has 0 spiro atoms. The van der Waals surface area contributed by atoms with Crippen molar-refractivity contribution in [1.29, 1.82) is 0 Å². The van der Waals surface area contributed by atoms with Crippen molar-refractivity contribution >= 4 is 94.5 Å². The molecule has 32 heteroatoms. The van der Waals surface area contributed by atoms with E-state index < -0.39 is 169 Å². The molecule has 0 saturated carbocycles. The van der Waals surface area contributed by atoms with Crippen molar-refractivity contribution in [3.8, 4) is 0 Å². The van der Waals surface area contributed by atoms with Crippen LogP contribution in [0.15, 0.2) is 65.7 Å². The molecule has 2 aromatic rings. The fourth-order valence-electron chi connectivity index (χ4n) is 11.0. The van der Waals surface area contributed by atoms with Crippen molar-refractivity contribution in [3.05, 3.63) is 71.8 Å². The predicted molar refractivity (Wildman–Crippen MR) is 356 cm³/mol. The standard InChI is InChI=1S/C63H98N18O13S/c1-37(2)33-45(57(89)74-41(53(68)85)27-32-95-3)73-52(84)36-72-54(86)46(34-38-15-6-4-7-16-38)78-58(90)47(35-39-17-8-5-9-18-39)79-56(88)42(23-25-50(66)82)75-55(87)43(24-26-51(67)83)76-59(91)49-22-14-31-81(49)62(94)44(20-10-11-28-64)77-60(92)48-21-13-30-80(48)61(93)40(65)19-12-29-71-63(69)70/h4-9,15-18,37,40-49H,10-14,19-36,64-65H2,1-3H3,(H2,66,82)(H2,67,83)(H2,68,85)(H,72,86)(H,73,84)(H,74,89)(H,75,87)(H,76,91)(H,77,92)(H,78,90)(H,79,88)(H4,69,70,71)/t40-,41-,42-,43-,44-,45+,46+,47-,48-,49-/m0/s1. The van der Waals surface area contributed by atoms with Gasteiger partial charge < -0.3 is 92.5 Å². The second-order valence-electron chi connectivity index (χ2n) is 24.1. The molecule has 31 nitrogen and oxygen atoms in total. The summed E-state index contributed by atoms with van der Waals surface area (Å²) in [6.45, 7) is 3.86. The van der Waals surface area contributed by atoms with Crippen LogP contribution in [-0.2, 0) is 75.2 Å². The molecule has 13 amide bonds. The van der Waals surface area contributed by atoms with E-state index in [-0.39, 0.29) is 83.0 Å². The van der Waals surface area contributed by atoms with Crippen LogP contribution in [0.4, 0.5) is 0 Å². The molecule has 2 saturated heterocycles. The Morgan fingerprint density at radius 3 is 1.51 bits per heavy atom. The lowest BCUT2D eigenvalue weighted by molar-refractivity contribution is -0.144. The van der Waals surface area contributed by atoms with Gasteiger partial charge in [0.1, 0.15) is 54.4 Å². The molecule has 0 radical (unpaired) electrons. The van der Waals surface area contributed by atoms with Crippen LogP contribution in [0.5, 0.6) is 0 Å². The summed E-state index contributed by atoms with van der Waals surface area (Å²) >= 11 is 1.45. The van der Waals surface area contributed by atoms with E-state index in [9.17, 15) is 62.3 Å². The van der Waals surface area contributed by atoms with Gasteiger partial charge in [-0.2, -0.15) is 11.8 Å². The smallest absolute Gasteiger partial charge is 0.245 e. The number of nitrogens with two attached hydrogens (primary N) is 7. The molecule has 2 aliphatic heterocycles. The van der Waals surface area contributed by atoms with E-state index in [0.29, 0.717) is 55.4 Å². The minimum atomic E-state index is -1.64. The molecule has 0 bridgehead atoms. The van der Waals surface area contributed by atoms with E-state index in [4.69, 9.17) is 40.1 Å². The molecule has 95 heavy (non-hydrogen) atoms. The summed E-state index contributed by atoms with van der Waals surface area (Å²) in [5.41, 5.74) is 40.6. The number of nitrogens with zero attached hydrogens (tertiary/aromatic N) is 3. The third kappa shape index (κ3) is 27.5. The van der Waals surface area contributed by atoms with E-state index in [0.717, 1.165) is 0 Å². The van der Waals surface area contributed by atoms with E-state index in [1.165, 1.54) is 21.6 Å². The minimum absolute atomic E-state index is 0.0736. The molecular weight excluding hydrogens is 1250 g/mol. The number of carbonyl (C=O) groups excluding carboxylic acids is 13. The maximum Gasteiger partial charge on any atom is 0.245 e. The van der Waals surface area contributed by atoms with Gasteiger partial charge in [0.25, 0.3) is 0 Å². The molecule has 0 aromatic heterocycles. The zero-order chi connectivity index (χ0) is 70.1. The van der Waals surface area contributed by atoms with Crippen molar-refractivity contribution < 1.29 is 62.3 Å². The lowest BCUT2D eigenvalue weighted by Gasteiger charge is -2.32. The van der Waals surface area contributed by atoms with E-state index in [1.807, 2.05) is 20.1 Å². The average molecular weight is 1350 g/mol. The maximum atomic E-state index is 14.7. The highest BCUT2D eigenvalue weighted by molar-refractivity contribution is 7.98. The van der Waals surface area contributed by atoms with Crippen molar-refractivity contribution in [1.82, 2.24) is 52.3 Å². The Morgan fingerprint density at radius 1 is 0.537 bits per heavy atom. The van der Waals surface area contributed by atoms with Gasteiger partial charge in [-0.25, -0.2) is 0 Å². The highest BCUT2D eigenvalue weighted by Crippen LogP contribution is 2.24. The summed E-state index contributed by atoms with van der Waals surface area (Å²) in [5, 5.41) is 21.1. The molecule has 4 rings (SSSR count). The van der Waals surface area contributed by atoms with Crippen LogP contribution in [0, 0.1) is 5.92 Å². The van der Waals surface area contributed by atoms with Crippen molar-refractivity contribution in [2.45, 2.75) is 183 Å². The lowest BCUT2D eigenvalue weighted by Crippen LogP contribution is -2.60. The van der Waals surface area contributed by atoms with E-state index in [2.05, 4.69) is 47.5 Å². The summed E-state index contributed by atoms with van der Waals surface area (Å²) in [6.07, 6.45) is 3.12. The number of rotatable bonds is 42. The Balaban J connectivity index is 1.56. The number of hydrogen-bond donors (Lipinski definition) is 15. The van der Waals surface area contributed by atoms with Gasteiger partial charge in [-0.05, 0) is 119 Å². The SMILES string of the molecule is CSCC[C@H](NC(=O)[C@@H](CC(C)C)NC(=O)CNC(=O)[C@@H](Cc1ccccc1)NC(=O)[C@H](Cc1ccccc1)NC(=O)[C@H](CCC(N)=O)NC(=O)[C@H](CCC(N)=O)NC(=O)[C@@H]1CCCN1C(=O)[C@H](CCCCN)NC(=O)[C@@H]1CCCN1C(=O)[C@@H](N)CCCN=C(N)N)C(N)=O. The quantitative estimate of drug-likeness (QED) is 0.0173. The number of guanidine groups is 1. The summed E-state index contributed by atoms with van der Waals surface area (Å²) in [5.74, 6) is -9.80. The first-order chi connectivity index (χ1) is 45.2. The number of aliphatic imine (C=N–C) groups is 1. The summed E-state index contributed by atoms with van der Waals surface area (Å²) in [7, 11) is 0. The summed E-state index contributed by atoms with van der Waals surface area (Å²) in [4.78, 5) is 185. The number of benzene rings is 2. The molecule has 0 aliphatic carbocycles. The maximum absolute atomic E-state index is 14.7. The first-order valence-electron chi connectivity index (χ1n) is 32.2. The third-order valence-electron chi connectivity index (χ3n) is 16.0. The Labute approximate surface area is 558 Å². The van der Waals surface area contributed by atoms with Gasteiger partial charge in [-0.15, -0.1) is 0 Å². The molecule has 2 fully saturated rings. The highest BCUT2D eigenvalue weighted by Gasteiger charge is 2.42. The number of hydrogen-bond acceptors (Lipinski definition) is 17. The van der Waals surface area contributed by atoms with Gasteiger partial charge in [-0.1, -0.05) is 74.5 Å².